The minimum atomic E-state index is -0.779. The van der Waals surface area contributed by atoms with Gasteiger partial charge < -0.3 is 15.7 Å². The van der Waals surface area contributed by atoms with Crippen LogP contribution in [0.2, 0.25) is 0 Å². The number of hydrogen-bond donors (Lipinski definition) is 2. The molecule has 17 heavy (non-hydrogen) atoms. The van der Waals surface area contributed by atoms with Crippen LogP contribution in [0.1, 0.15) is 38.5 Å². The predicted octanol–water partition coefficient (Wildman–Crippen LogP) is 0.581. The highest BCUT2D eigenvalue weighted by Crippen LogP contribution is 2.33. The topological polar surface area (TPSA) is 83.6 Å². The van der Waals surface area contributed by atoms with E-state index in [2.05, 4.69) is 0 Å². The Labute approximate surface area is 101 Å². The van der Waals surface area contributed by atoms with Gasteiger partial charge in [-0.25, -0.2) is 0 Å². The van der Waals surface area contributed by atoms with E-state index in [1.54, 1.807) is 4.90 Å². The van der Waals surface area contributed by atoms with Crippen molar-refractivity contribution in [3.63, 3.8) is 0 Å². The second-order valence-corrected chi connectivity index (χ2v) is 5.49. The standard InChI is InChI=1S/C12H20N2O3/c13-12(3-1-4-12)7-10(15)14-5-2-9(8-14)6-11(16)17/h9H,1-8,13H2,(H,16,17). The molecule has 2 aliphatic rings. The highest BCUT2D eigenvalue weighted by molar-refractivity contribution is 5.78. The van der Waals surface area contributed by atoms with E-state index in [9.17, 15) is 9.59 Å². The number of amides is 1. The molecule has 1 atom stereocenters. The van der Waals surface area contributed by atoms with Gasteiger partial charge in [-0.3, -0.25) is 9.59 Å². The first-order valence-electron chi connectivity index (χ1n) is 6.27. The van der Waals surface area contributed by atoms with Gasteiger partial charge in [-0.1, -0.05) is 0 Å². The Morgan fingerprint density at radius 1 is 1.41 bits per heavy atom. The molecule has 0 bridgehead atoms. The van der Waals surface area contributed by atoms with Crippen molar-refractivity contribution in [2.75, 3.05) is 13.1 Å². The highest BCUT2D eigenvalue weighted by Gasteiger charge is 2.37. The summed E-state index contributed by atoms with van der Waals surface area (Å²) in [7, 11) is 0. The van der Waals surface area contributed by atoms with Crippen molar-refractivity contribution in [2.45, 2.75) is 44.1 Å². The SMILES string of the molecule is NC1(CC(=O)N2CCC(CC(=O)O)C2)CCC1. The molecule has 0 aromatic rings. The molecule has 0 aromatic heterocycles. The summed E-state index contributed by atoms with van der Waals surface area (Å²) in [4.78, 5) is 24.4. The molecule has 2 rings (SSSR count). The number of nitrogens with two attached hydrogens (primary N) is 1. The smallest absolute Gasteiger partial charge is 0.303 e. The lowest BCUT2D eigenvalue weighted by Crippen LogP contribution is -2.50. The molecule has 3 N–H and O–H groups in total. The molecule has 5 heteroatoms. The Hall–Kier alpha value is -1.10. The number of hydrogen-bond acceptors (Lipinski definition) is 3. The van der Waals surface area contributed by atoms with Crippen molar-refractivity contribution < 1.29 is 14.7 Å². The van der Waals surface area contributed by atoms with E-state index in [4.69, 9.17) is 10.8 Å². The van der Waals surface area contributed by atoms with Gasteiger partial charge in [-0.2, -0.15) is 0 Å². The van der Waals surface area contributed by atoms with Crippen molar-refractivity contribution in [1.82, 2.24) is 4.90 Å². The quantitative estimate of drug-likeness (QED) is 0.753. The van der Waals surface area contributed by atoms with Crippen molar-refractivity contribution in [3.8, 4) is 0 Å². The van der Waals surface area contributed by atoms with E-state index >= 15 is 0 Å². The van der Waals surface area contributed by atoms with E-state index in [-0.39, 0.29) is 23.8 Å². The third-order valence-corrected chi connectivity index (χ3v) is 3.95. The zero-order chi connectivity index (χ0) is 12.5. The van der Waals surface area contributed by atoms with Crippen LogP contribution in [0.4, 0.5) is 0 Å². The van der Waals surface area contributed by atoms with Gasteiger partial charge >= 0.3 is 5.97 Å². The van der Waals surface area contributed by atoms with Crippen molar-refractivity contribution in [2.24, 2.45) is 11.7 Å². The third-order valence-electron chi connectivity index (χ3n) is 3.95. The van der Waals surface area contributed by atoms with Gasteiger partial charge in [0.15, 0.2) is 0 Å². The third kappa shape index (κ3) is 2.97. The average Bonchev–Trinajstić information content (AvgIpc) is 2.62. The molecule has 5 nitrogen and oxygen atoms in total. The Balaban J connectivity index is 1.79. The van der Waals surface area contributed by atoms with E-state index in [0.29, 0.717) is 19.5 Å². The molecule has 0 spiro atoms. The maximum Gasteiger partial charge on any atom is 0.303 e. The summed E-state index contributed by atoms with van der Waals surface area (Å²) in [5, 5.41) is 8.71. The molecular weight excluding hydrogens is 220 g/mol. The predicted molar refractivity (Wildman–Crippen MR) is 62.3 cm³/mol. The van der Waals surface area contributed by atoms with Crippen molar-refractivity contribution >= 4 is 11.9 Å². The lowest BCUT2D eigenvalue weighted by Gasteiger charge is -2.38. The van der Waals surface area contributed by atoms with Crippen LogP contribution >= 0.6 is 0 Å². The van der Waals surface area contributed by atoms with Gasteiger partial charge in [-0.15, -0.1) is 0 Å². The number of likely N-dealkylation sites (tertiary alicyclic amines) is 1. The molecule has 1 amide bonds. The summed E-state index contributed by atoms with van der Waals surface area (Å²) < 4.78 is 0. The number of nitrogens with zero attached hydrogens (tertiary/aromatic N) is 1. The number of carboxylic acid groups (broad SMARTS) is 1. The van der Waals surface area contributed by atoms with Crippen LogP contribution in [0, 0.1) is 5.92 Å². The normalized spacial score (nSPS) is 26.6. The number of rotatable bonds is 4. The largest absolute Gasteiger partial charge is 0.481 e. The Morgan fingerprint density at radius 3 is 2.65 bits per heavy atom. The summed E-state index contributed by atoms with van der Waals surface area (Å²) >= 11 is 0. The molecule has 0 radical (unpaired) electrons. The van der Waals surface area contributed by atoms with Crippen LogP contribution in [-0.4, -0.2) is 40.5 Å². The molecule has 2 fully saturated rings. The monoisotopic (exact) mass is 240 g/mol. The van der Waals surface area contributed by atoms with Gasteiger partial charge in [0.1, 0.15) is 0 Å². The van der Waals surface area contributed by atoms with Crippen LogP contribution in [0.5, 0.6) is 0 Å². The first kappa shape index (κ1) is 12.4. The van der Waals surface area contributed by atoms with Gasteiger partial charge in [0.25, 0.3) is 0 Å². The molecule has 0 aromatic carbocycles. The second kappa shape index (κ2) is 4.64. The molecule has 1 aliphatic carbocycles. The number of carboxylic acids is 1. The van der Waals surface area contributed by atoms with Gasteiger partial charge in [0.05, 0.1) is 0 Å². The second-order valence-electron chi connectivity index (χ2n) is 5.49. The molecule has 1 unspecified atom stereocenters. The summed E-state index contributed by atoms with van der Waals surface area (Å²) in [5.41, 5.74) is 5.77. The summed E-state index contributed by atoms with van der Waals surface area (Å²) in [5.74, 6) is -0.565. The lowest BCUT2D eigenvalue weighted by molar-refractivity contribution is -0.138. The van der Waals surface area contributed by atoms with Gasteiger partial charge in [-0.05, 0) is 31.6 Å². The molecule has 1 heterocycles. The summed E-state index contributed by atoms with van der Waals surface area (Å²) in [6.07, 6.45) is 4.38. The Morgan fingerprint density at radius 2 is 2.12 bits per heavy atom. The van der Waals surface area contributed by atoms with E-state index in [1.165, 1.54) is 0 Å². The fourth-order valence-electron chi connectivity index (χ4n) is 2.69. The van der Waals surface area contributed by atoms with E-state index < -0.39 is 5.97 Å². The van der Waals surface area contributed by atoms with Crippen LogP contribution in [0.15, 0.2) is 0 Å². The Kier molecular flexibility index (Phi) is 3.38. The number of carbonyl (C=O) groups excluding carboxylic acids is 1. The van der Waals surface area contributed by atoms with E-state index in [1.807, 2.05) is 0 Å². The maximum absolute atomic E-state index is 12.0. The maximum atomic E-state index is 12.0. The highest BCUT2D eigenvalue weighted by atomic mass is 16.4. The van der Waals surface area contributed by atoms with Crippen LogP contribution in [-0.2, 0) is 9.59 Å². The minimum Gasteiger partial charge on any atom is -0.481 e. The minimum absolute atomic E-state index is 0.0973. The van der Waals surface area contributed by atoms with Gasteiger partial charge in [0.2, 0.25) is 5.91 Å². The van der Waals surface area contributed by atoms with Crippen LogP contribution in [0.3, 0.4) is 0 Å². The first-order chi connectivity index (χ1) is 7.98. The Bertz CT molecular complexity index is 326. The fraction of sp³-hybridized carbons (Fsp3) is 0.833. The van der Waals surface area contributed by atoms with Crippen LogP contribution < -0.4 is 5.73 Å². The zero-order valence-electron chi connectivity index (χ0n) is 10.0. The number of aliphatic carboxylic acids is 1. The molecule has 1 saturated heterocycles. The first-order valence-corrected chi connectivity index (χ1v) is 6.27. The summed E-state index contributed by atoms with van der Waals surface area (Å²) in [6, 6.07) is 0. The van der Waals surface area contributed by atoms with Crippen molar-refractivity contribution in [3.05, 3.63) is 0 Å². The fourth-order valence-corrected chi connectivity index (χ4v) is 2.69. The van der Waals surface area contributed by atoms with Crippen molar-refractivity contribution in [1.29, 1.82) is 0 Å². The zero-order valence-corrected chi connectivity index (χ0v) is 10.0. The lowest BCUT2D eigenvalue weighted by atomic mass is 9.75. The van der Waals surface area contributed by atoms with Crippen LogP contribution in [0.25, 0.3) is 0 Å². The molecule has 1 aliphatic heterocycles. The average molecular weight is 240 g/mol. The number of carbonyl (C=O) groups is 2. The molecule has 1 saturated carbocycles. The van der Waals surface area contributed by atoms with E-state index in [0.717, 1.165) is 25.7 Å². The van der Waals surface area contributed by atoms with Gasteiger partial charge in [0, 0.05) is 31.5 Å². The molecule has 96 valence electrons. The summed E-state index contributed by atoms with van der Waals surface area (Å²) in [6.45, 7) is 1.27. The molecular formula is C12H20N2O3.